The topological polar surface area (TPSA) is 28.2 Å². The minimum Gasteiger partial charge on any atom is -0.317 e. The van der Waals surface area contributed by atoms with Crippen molar-refractivity contribution in [1.82, 2.24) is 15.2 Å². The Bertz CT molecular complexity index is 274. The molecule has 0 fully saturated rings. The summed E-state index contributed by atoms with van der Waals surface area (Å²) in [5.41, 5.74) is 1.16. The van der Waals surface area contributed by atoms with Crippen LogP contribution in [0.1, 0.15) is 32.4 Å². The molecule has 0 saturated heterocycles. The second-order valence-corrected chi connectivity index (χ2v) is 4.29. The Balaban J connectivity index is 2.20. The molecule has 0 amide bonds. The lowest BCUT2D eigenvalue weighted by molar-refractivity contribution is 0.272. The Kier molecular flexibility index (Phi) is 7.60. The zero-order chi connectivity index (χ0) is 12.3. The van der Waals surface area contributed by atoms with E-state index in [1.54, 1.807) is 0 Å². The maximum absolute atomic E-state index is 4.37. The van der Waals surface area contributed by atoms with Gasteiger partial charge in [0.25, 0.3) is 0 Å². The lowest BCUT2D eigenvalue weighted by Crippen LogP contribution is -2.27. The van der Waals surface area contributed by atoms with Crippen LogP contribution in [0.2, 0.25) is 0 Å². The van der Waals surface area contributed by atoms with Crippen molar-refractivity contribution in [2.75, 3.05) is 26.2 Å². The maximum Gasteiger partial charge on any atom is 0.0543 e. The molecule has 0 atom stereocenters. The van der Waals surface area contributed by atoms with Gasteiger partial charge in [-0.15, -0.1) is 0 Å². The van der Waals surface area contributed by atoms with E-state index in [0.717, 1.165) is 38.4 Å². The van der Waals surface area contributed by atoms with Crippen molar-refractivity contribution in [2.45, 2.75) is 33.2 Å². The molecule has 1 aromatic heterocycles. The summed E-state index contributed by atoms with van der Waals surface area (Å²) in [7, 11) is 0. The third kappa shape index (κ3) is 6.39. The molecule has 0 aliphatic carbocycles. The fraction of sp³-hybridized carbons (Fsp3) is 0.643. The largest absolute Gasteiger partial charge is 0.317 e. The van der Waals surface area contributed by atoms with Gasteiger partial charge in [-0.3, -0.25) is 9.88 Å². The van der Waals surface area contributed by atoms with E-state index >= 15 is 0 Å². The van der Waals surface area contributed by atoms with Crippen molar-refractivity contribution in [2.24, 2.45) is 0 Å². The molecule has 3 nitrogen and oxygen atoms in total. The molecule has 0 aliphatic rings. The van der Waals surface area contributed by atoms with E-state index in [0.29, 0.717) is 0 Å². The number of nitrogens with one attached hydrogen (secondary N) is 1. The zero-order valence-corrected chi connectivity index (χ0v) is 11.2. The van der Waals surface area contributed by atoms with Gasteiger partial charge in [0.2, 0.25) is 0 Å². The normalized spacial score (nSPS) is 11.0. The summed E-state index contributed by atoms with van der Waals surface area (Å²) < 4.78 is 0. The Hall–Kier alpha value is -0.930. The van der Waals surface area contributed by atoms with Crippen LogP contribution in [0.25, 0.3) is 0 Å². The molecule has 0 saturated carbocycles. The van der Waals surface area contributed by atoms with E-state index in [1.807, 2.05) is 12.3 Å². The highest BCUT2D eigenvalue weighted by Gasteiger charge is 2.03. The number of hydrogen-bond acceptors (Lipinski definition) is 3. The van der Waals surface area contributed by atoms with Crippen LogP contribution >= 0.6 is 0 Å². The fourth-order valence-electron chi connectivity index (χ4n) is 1.80. The highest BCUT2D eigenvalue weighted by Crippen LogP contribution is 2.01. The second kappa shape index (κ2) is 9.14. The van der Waals surface area contributed by atoms with Crippen molar-refractivity contribution >= 4 is 0 Å². The Morgan fingerprint density at radius 3 is 2.76 bits per heavy atom. The lowest BCUT2D eigenvalue weighted by Gasteiger charge is -2.19. The van der Waals surface area contributed by atoms with Crippen LogP contribution in [0, 0.1) is 0 Å². The summed E-state index contributed by atoms with van der Waals surface area (Å²) in [6.45, 7) is 9.85. The highest BCUT2D eigenvalue weighted by atomic mass is 15.1. The van der Waals surface area contributed by atoms with E-state index < -0.39 is 0 Å². The molecule has 96 valence electrons. The van der Waals surface area contributed by atoms with Crippen molar-refractivity contribution < 1.29 is 0 Å². The standard InChI is InChI=1S/C14H25N3/c1-3-9-15-10-7-12-17(4-2)13-14-8-5-6-11-16-14/h5-6,8,11,15H,3-4,7,9-10,12-13H2,1-2H3. The first kappa shape index (κ1) is 14.1. The summed E-state index contributed by atoms with van der Waals surface area (Å²) in [4.78, 5) is 6.81. The number of pyridine rings is 1. The molecule has 0 aromatic carbocycles. The van der Waals surface area contributed by atoms with Gasteiger partial charge in [0, 0.05) is 12.7 Å². The second-order valence-electron chi connectivity index (χ2n) is 4.29. The van der Waals surface area contributed by atoms with Gasteiger partial charge < -0.3 is 5.32 Å². The Morgan fingerprint density at radius 1 is 1.24 bits per heavy atom. The van der Waals surface area contributed by atoms with Crippen LogP contribution in [0.5, 0.6) is 0 Å². The summed E-state index contributed by atoms with van der Waals surface area (Å²) in [6, 6.07) is 6.12. The molecule has 0 unspecified atom stereocenters. The van der Waals surface area contributed by atoms with Crippen LogP contribution in [-0.4, -0.2) is 36.1 Å². The average Bonchev–Trinajstić information content (AvgIpc) is 2.38. The van der Waals surface area contributed by atoms with Crippen LogP contribution in [0.15, 0.2) is 24.4 Å². The van der Waals surface area contributed by atoms with Gasteiger partial charge >= 0.3 is 0 Å². The summed E-state index contributed by atoms with van der Waals surface area (Å²) in [5.74, 6) is 0. The van der Waals surface area contributed by atoms with Crippen molar-refractivity contribution in [3.8, 4) is 0 Å². The Labute approximate surface area is 105 Å². The first-order chi connectivity index (χ1) is 8.36. The van der Waals surface area contributed by atoms with Gasteiger partial charge in [-0.1, -0.05) is 19.9 Å². The van der Waals surface area contributed by atoms with Crippen LogP contribution in [0.3, 0.4) is 0 Å². The predicted molar refractivity (Wildman–Crippen MR) is 73.0 cm³/mol. The summed E-state index contributed by atoms with van der Waals surface area (Å²) in [6.07, 6.45) is 4.29. The molecule has 0 bridgehead atoms. The lowest BCUT2D eigenvalue weighted by atomic mass is 10.3. The molecule has 3 heteroatoms. The highest BCUT2D eigenvalue weighted by molar-refractivity contribution is 5.03. The maximum atomic E-state index is 4.37. The third-order valence-electron chi connectivity index (χ3n) is 2.81. The first-order valence-electron chi connectivity index (χ1n) is 6.69. The monoisotopic (exact) mass is 235 g/mol. The molecule has 17 heavy (non-hydrogen) atoms. The predicted octanol–water partition coefficient (Wildman–Crippen LogP) is 2.29. The molecular weight excluding hydrogens is 210 g/mol. The van der Waals surface area contributed by atoms with E-state index in [1.165, 1.54) is 12.8 Å². The van der Waals surface area contributed by atoms with Gasteiger partial charge in [0.1, 0.15) is 0 Å². The smallest absolute Gasteiger partial charge is 0.0543 e. The molecule has 0 radical (unpaired) electrons. The van der Waals surface area contributed by atoms with Crippen molar-refractivity contribution in [3.63, 3.8) is 0 Å². The quantitative estimate of drug-likeness (QED) is 0.666. The molecule has 1 N–H and O–H groups in total. The number of hydrogen-bond donors (Lipinski definition) is 1. The minimum absolute atomic E-state index is 0.963. The van der Waals surface area contributed by atoms with E-state index in [2.05, 4.69) is 41.2 Å². The molecule has 0 aliphatic heterocycles. The van der Waals surface area contributed by atoms with Crippen molar-refractivity contribution in [3.05, 3.63) is 30.1 Å². The summed E-state index contributed by atoms with van der Waals surface area (Å²) in [5, 5.41) is 3.44. The van der Waals surface area contributed by atoms with E-state index in [-0.39, 0.29) is 0 Å². The minimum atomic E-state index is 0.963. The summed E-state index contributed by atoms with van der Waals surface area (Å²) >= 11 is 0. The van der Waals surface area contributed by atoms with Crippen LogP contribution in [-0.2, 0) is 6.54 Å². The molecular formula is C14H25N3. The van der Waals surface area contributed by atoms with Gasteiger partial charge in [-0.25, -0.2) is 0 Å². The number of aromatic nitrogens is 1. The Morgan fingerprint density at radius 2 is 2.12 bits per heavy atom. The molecule has 1 aromatic rings. The number of nitrogens with zero attached hydrogens (tertiary/aromatic N) is 2. The van der Waals surface area contributed by atoms with Crippen LogP contribution < -0.4 is 5.32 Å². The third-order valence-corrected chi connectivity index (χ3v) is 2.81. The van der Waals surface area contributed by atoms with Gasteiger partial charge in [-0.2, -0.15) is 0 Å². The van der Waals surface area contributed by atoms with E-state index in [9.17, 15) is 0 Å². The van der Waals surface area contributed by atoms with Crippen molar-refractivity contribution in [1.29, 1.82) is 0 Å². The van der Waals surface area contributed by atoms with Gasteiger partial charge in [0.05, 0.1) is 5.69 Å². The van der Waals surface area contributed by atoms with Gasteiger partial charge in [0.15, 0.2) is 0 Å². The van der Waals surface area contributed by atoms with Crippen LogP contribution in [0.4, 0.5) is 0 Å². The zero-order valence-electron chi connectivity index (χ0n) is 11.2. The number of rotatable bonds is 9. The average molecular weight is 235 g/mol. The molecule has 1 heterocycles. The fourth-order valence-corrected chi connectivity index (χ4v) is 1.80. The molecule has 0 spiro atoms. The van der Waals surface area contributed by atoms with E-state index in [4.69, 9.17) is 0 Å². The first-order valence-corrected chi connectivity index (χ1v) is 6.69. The molecule has 1 rings (SSSR count). The van der Waals surface area contributed by atoms with Gasteiger partial charge in [-0.05, 0) is 51.2 Å². The SMILES string of the molecule is CCCNCCCN(CC)Cc1ccccn1.